The summed E-state index contributed by atoms with van der Waals surface area (Å²) < 4.78 is 4.72. The largest absolute Gasteiger partial charge is 0.466 e. The summed E-state index contributed by atoms with van der Waals surface area (Å²) in [5.41, 5.74) is -0.180. The van der Waals surface area contributed by atoms with Crippen LogP contribution in [0.2, 0.25) is 0 Å². The van der Waals surface area contributed by atoms with Gasteiger partial charge in [-0.3, -0.25) is 4.79 Å². The normalized spacial score (nSPS) is 21.1. The Labute approximate surface area is 121 Å². The average molecular weight is 282 g/mol. The molecule has 0 amide bonds. The minimum atomic E-state index is -0.929. The molecule has 114 valence electrons. The molecule has 0 saturated heterocycles. The minimum absolute atomic E-state index is 0.104. The van der Waals surface area contributed by atoms with Gasteiger partial charge in [0.2, 0.25) is 0 Å². The number of rotatable bonds is 6. The molecule has 0 aromatic rings. The van der Waals surface area contributed by atoms with Crippen molar-refractivity contribution in [2.24, 2.45) is 11.8 Å². The van der Waals surface area contributed by atoms with E-state index < -0.39 is 5.60 Å². The predicted octanol–water partition coefficient (Wildman–Crippen LogP) is 2.64. The Morgan fingerprint density at radius 2 is 2.15 bits per heavy atom. The number of allylic oxidation sites excluding steroid dienone is 1. The molecule has 0 radical (unpaired) electrons. The first kappa shape index (κ1) is 16.9. The zero-order valence-electron chi connectivity index (χ0n) is 12.9. The molecule has 0 spiro atoms. The molecule has 1 aliphatic rings. The van der Waals surface area contributed by atoms with Crippen LogP contribution in [0.4, 0.5) is 0 Å². The van der Waals surface area contributed by atoms with Crippen molar-refractivity contribution >= 4 is 11.8 Å². The van der Waals surface area contributed by atoms with Gasteiger partial charge in [0.15, 0.2) is 0 Å². The van der Waals surface area contributed by atoms with Gasteiger partial charge >= 0.3 is 5.97 Å². The predicted molar refractivity (Wildman–Crippen MR) is 77.1 cm³/mol. The highest BCUT2D eigenvalue weighted by Gasteiger charge is 2.26. The quantitative estimate of drug-likeness (QED) is 0.761. The average Bonchev–Trinajstić information content (AvgIpc) is 2.35. The van der Waals surface area contributed by atoms with E-state index in [1.54, 1.807) is 13.8 Å². The molecular weight excluding hydrogens is 256 g/mol. The van der Waals surface area contributed by atoms with Gasteiger partial charge in [0, 0.05) is 18.4 Å². The molecule has 0 aromatic carbocycles. The summed E-state index contributed by atoms with van der Waals surface area (Å²) in [5.74, 6) is 0.566. The lowest BCUT2D eigenvalue weighted by atomic mass is 9.78. The standard InChI is InChI=1S/C16H26O4/c1-11(9-14(17)10-16(2,3)19)12-5-7-13(8-6-12)15(18)20-4/h7,11-12,19H,5-6,8-10H2,1-4H3. The monoisotopic (exact) mass is 282 g/mol. The summed E-state index contributed by atoms with van der Waals surface area (Å²) in [6, 6.07) is 0. The van der Waals surface area contributed by atoms with Crippen LogP contribution in [0.3, 0.4) is 0 Å². The number of ether oxygens (including phenoxy) is 1. The third-order valence-electron chi connectivity index (χ3n) is 3.88. The van der Waals surface area contributed by atoms with Crippen LogP contribution in [-0.4, -0.2) is 29.6 Å². The second-order valence-electron chi connectivity index (χ2n) is 6.46. The van der Waals surface area contributed by atoms with Crippen LogP contribution < -0.4 is 0 Å². The lowest BCUT2D eigenvalue weighted by Gasteiger charge is -2.27. The van der Waals surface area contributed by atoms with Crippen LogP contribution in [0.5, 0.6) is 0 Å². The van der Waals surface area contributed by atoms with Gasteiger partial charge in [-0.05, 0) is 44.9 Å². The Morgan fingerprint density at radius 3 is 2.60 bits per heavy atom. The molecule has 2 unspecified atom stereocenters. The number of Topliss-reactive ketones (excluding diaryl/α,β-unsaturated/α-hetero) is 1. The molecule has 0 fully saturated rings. The smallest absolute Gasteiger partial charge is 0.333 e. The summed E-state index contributed by atoms with van der Waals surface area (Å²) in [7, 11) is 1.40. The molecule has 4 heteroatoms. The molecule has 1 rings (SSSR count). The van der Waals surface area contributed by atoms with Gasteiger partial charge < -0.3 is 9.84 Å². The van der Waals surface area contributed by atoms with E-state index >= 15 is 0 Å². The third kappa shape index (κ3) is 5.45. The van der Waals surface area contributed by atoms with E-state index in [-0.39, 0.29) is 24.1 Å². The summed E-state index contributed by atoms with van der Waals surface area (Å²) in [4.78, 5) is 23.3. The van der Waals surface area contributed by atoms with Crippen LogP contribution in [0, 0.1) is 11.8 Å². The molecule has 0 aromatic heterocycles. The number of aliphatic hydroxyl groups is 1. The molecule has 0 bridgehead atoms. The van der Waals surface area contributed by atoms with Crippen molar-refractivity contribution in [1.82, 2.24) is 0 Å². The summed E-state index contributed by atoms with van der Waals surface area (Å²) in [6.45, 7) is 5.38. The Bertz CT molecular complexity index is 390. The van der Waals surface area contributed by atoms with Crippen molar-refractivity contribution in [1.29, 1.82) is 0 Å². The van der Waals surface area contributed by atoms with Gasteiger partial charge in [-0.1, -0.05) is 13.0 Å². The number of ketones is 1. The van der Waals surface area contributed by atoms with Gasteiger partial charge in [0.25, 0.3) is 0 Å². The first-order chi connectivity index (χ1) is 9.23. The third-order valence-corrected chi connectivity index (χ3v) is 3.88. The van der Waals surface area contributed by atoms with Crippen molar-refractivity contribution in [3.8, 4) is 0 Å². The molecule has 1 N–H and O–H groups in total. The van der Waals surface area contributed by atoms with Crippen molar-refractivity contribution in [2.75, 3.05) is 7.11 Å². The van der Waals surface area contributed by atoms with Gasteiger partial charge in [0.1, 0.15) is 5.78 Å². The van der Waals surface area contributed by atoms with Crippen LogP contribution in [0.15, 0.2) is 11.6 Å². The fourth-order valence-electron chi connectivity index (χ4n) is 2.77. The fourth-order valence-corrected chi connectivity index (χ4v) is 2.77. The number of hydrogen-bond donors (Lipinski definition) is 1. The molecule has 20 heavy (non-hydrogen) atoms. The van der Waals surface area contributed by atoms with Crippen LogP contribution in [0.1, 0.15) is 52.9 Å². The van der Waals surface area contributed by atoms with E-state index in [0.717, 1.165) is 24.8 Å². The molecule has 0 saturated carbocycles. The maximum absolute atomic E-state index is 11.9. The summed E-state index contributed by atoms with van der Waals surface area (Å²) in [5, 5.41) is 9.65. The number of carbonyl (C=O) groups is 2. The van der Waals surface area contributed by atoms with Crippen LogP contribution >= 0.6 is 0 Å². The Morgan fingerprint density at radius 1 is 1.50 bits per heavy atom. The van der Waals surface area contributed by atoms with E-state index in [2.05, 4.69) is 6.92 Å². The molecular formula is C16H26O4. The number of carbonyl (C=O) groups excluding carboxylic acids is 2. The maximum Gasteiger partial charge on any atom is 0.333 e. The second-order valence-corrected chi connectivity index (χ2v) is 6.46. The van der Waals surface area contributed by atoms with E-state index in [0.29, 0.717) is 12.3 Å². The van der Waals surface area contributed by atoms with E-state index in [1.807, 2.05) is 6.08 Å². The first-order valence-corrected chi connectivity index (χ1v) is 7.24. The minimum Gasteiger partial charge on any atom is -0.466 e. The van der Waals surface area contributed by atoms with Crippen molar-refractivity contribution < 1.29 is 19.4 Å². The van der Waals surface area contributed by atoms with Crippen LogP contribution in [-0.2, 0) is 14.3 Å². The van der Waals surface area contributed by atoms with Gasteiger partial charge in [-0.25, -0.2) is 4.79 Å². The SMILES string of the molecule is COC(=O)C1=CCC(C(C)CC(=O)CC(C)(C)O)CC1. The Hall–Kier alpha value is -1.16. The molecule has 2 atom stereocenters. The lowest BCUT2D eigenvalue weighted by molar-refractivity contribution is -0.136. The maximum atomic E-state index is 11.9. The van der Waals surface area contributed by atoms with E-state index in [4.69, 9.17) is 4.74 Å². The molecule has 0 aliphatic heterocycles. The zero-order chi connectivity index (χ0) is 15.3. The lowest BCUT2D eigenvalue weighted by Crippen LogP contribution is -2.26. The summed E-state index contributed by atoms with van der Waals surface area (Å²) >= 11 is 0. The topological polar surface area (TPSA) is 63.6 Å². The zero-order valence-corrected chi connectivity index (χ0v) is 12.9. The van der Waals surface area contributed by atoms with Crippen molar-refractivity contribution in [3.05, 3.63) is 11.6 Å². The van der Waals surface area contributed by atoms with Gasteiger partial charge in [-0.15, -0.1) is 0 Å². The fraction of sp³-hybridized carbons (Fsp3) is 0.750. The number of hydrogen-bond acceptors (Lipinski definition) is 4. The Balaban J connectivity index is 2.47. The second kappa shape index (κ2) is 7.02. The highest BCUT2D eigenvalue weighted by atomic mass is 16.5. The van der Waals surface area contributed by atoms with Gasteiger partial charge in [0.05, 0.1) is 12.7 Å². The van der Waals surface area contributed by atoms with E-state index in [1.165, 1.54) is 7.11 Å². The summed E-state index contributed by atoms with van der Waals surface area (Å²) in [6.07, 6.45) is 5.10. The molecule has 1 aliphatic carbocycles. The molecule has 4 nitrogen and oxygen atoms in total. The van der Waals surface area contributed by atoms with Gasteiger partial charge in [-0.2, -0.15) is 0 Å². The Kier molecular flexibility index (Phi) is 5.93. The number of methoxy groups -OCH3 is 1. The first-order valence-electron chi connectivity index (χ1n) is 7.24. The number of esters is 1. The van der Waals surface area contributed by atoms with Crippen LogP contribution in [0.25, 0.3) is 0 Å². The van der Waals surface area contributed by atoms with Crippen molar-refractivity contribution in [3.63, 3.8) is 0 Å². The molecule has 0 heterocycles. The highest BCUT2D eigenvalue weighted by Crippen LogP contribution is 2.32. The van der Waals surface area contributed by atoms with E-state index in [9.17, 15) is 14.7 Å². The highest BCUT2D eigenvalue weighted by molar-refractivity contribution is 5.88. The van der Waals surface area contributed by atoms with Crippen molar-refractivity contribution in [2.45, 2.75) is 58.5 Å².